The zero-order chi connectivity index (χ0) is 17.3. The number of carbonyl (C=O) groups excluding carboxylic acids is 2. The second kappa shape index (κ2) is 6.63. The number of fused-ring (bicyclic) bond motifs is 3. The van der Waals surface area contributed by atoms with Crippen molar-refractivity contribution in [3.63, 3.8) is 0 Å². The van der Waals surface area contributed by atoms with Crippen molar-refractivity contribution in [3.05, 3.63) is 35.4 Å². The lowest BCUT2D eigenvalue weighted by molar-refractivity contribution is -0.130. The van der Waals surface area contributed by atoms with Gasteiger partial charge in [0.25, 0.3) is 0 Å². The Bertz CT molecular complexity index is 673. The van der Waals surface area contributed by atoms with Crippen LogP contribution in [0.1, 0.15) is 42.7 Å². The maximum Gasteiger partial charge on any atom is 0.416 e. The van der Waals surface area contributed by atoms with Crippen molar-refractivity contribution < 1.29 is 14.3 Å². The average Bonchev–Trinajstić information content (AvgIpc) is 3.05. The van der Waals surface area contributed by atoms with E-state index < -0.39 is 6.09 Å². The number of nitrogens with one attached hydrogen (secondary N) is 1. The number of unbranched alkanes of at least 4 members (excludes halogenated alkanes) is 1. The monoisotopic (exact) mass is 329 g/mol. The Morgan fingerprint density at radius 1 is 1.38 bits per heavy atom. The number of benzene rings is 1. The Morgan fingerprint density at radius 3 is 2.83 bits per heavy atom. The molecule has 1 aliphatic heterocycles. The summed E-state index contributed by atoms with van der Waals surface area (Å²) >= 11 is 0. The van der Waals surface area contributed by atoms with E-state index in [1.165, 1.54) is 23.1 Å². The summed E-state index contributed by atoms with van der Waals surface area (Å²) in [5.41, 5.74) is 7.78. The van der Waals surface area contributed by atoms with Gasteiger partial charge in [-0.3, -0.25) is 10.2 Å². The van der Waals surface area contributed by atoms with Gasteiger partial charge in [0, 0.05) is 18.3 Å². The summed E-state index contributed by atoms with van der Waals surface area (Å²) in [6, 6.07) is 7.97. The van der Waals surface area contributed by atoms with Crippen LogP contribution in [-0.4, -0.2) is 35.9 Å². The number of amides is 2. The molecule has 1 aromatic carbocycles. The minimum atomic E-state index is -0.561. The molecular formula is C18H23N3O3. The van der Waals surface area contributed by atoms with E-state index in [0.29, 0.717) is 19.3 Å². The number of amidine groups is 1. The van der Waals surface area contributed by atoms with E-state index in [-0.39, 0.29) is 29.6 Å². The summed E-state index contributed by atoms with van der Waals surface area (Å²) in [6.45, 7) is 0. The molecule has 1 aliphatic carbocycles. The minimum absolute atomic E-state index is 0.0464. The summed E-state index contributed by atoms with van der Waals surface area (Å²) in [5, 5.41) is 7.29. The van der Waals surface area contributed by atoms with E-state index in [2.05, 4.69) is 12.1 Å². The standard InChI is InChI=1S/C18H23N3O3/c1-24-18(23)21-14-10-11-6-2-3-7-12(11)16(14)13(17(21)22)8-4-5-9-15(19)20/h2-3,6-7,13-14,16H,4-5,8-10H2,1H3,(H3,19,20)/t13-,14+,16-/m1/s1. The average molecular weight is 329 g/mol. The van der Waals surface area contributed by atoms with Crippen molar-refractivity contribution in [1.29, 1.82) is 5.41 Å². The largest absolute Gasteiger partial charge is 0.452 e. The Balaban J connectivity index is 1.82. The highest BCUT2D eigenvalue weighted by atomic mass is 16.5. The Morgan fingerprint density at radius 2 is 2.12 bits per heavy atom. The molecule has 1 heterocycles. The zero-order valence-corrected chi connectivity index (χ0v) is 13.8. The van der Waals surface area contributed by atoms with Crippen LogP contribution in [0.25, 0.3) is 0 Å². The first-order valence-corrected chi connectivity index (χ1v) is 8.36. The lowest BCUT2D eigenvalue weighted by Crippen LogP contribution is -2.40. The van der Waals surface area contributed by atoms with E-state index in [4.69, 9.17) is 15.9 Å². The van der Waals surface area contributed by atoms with Crippen LogP contribution in [0.15, 0.2) is 24.3 Å². The lowest BCUT2D eigenvalue weighted by Gasteiger charge is -2.20. The molecule has 128 valence electrons. The van der Waals surface area contributed by atoms with Gasteiger partial charge in [0.2, 0.25) is 5.91 Å². The fourth-order valence-corrected chi connectivity index (χ4v) is 4.14. The lowest BCUT2D eigenvalue weighted by atomic mass is 9.84. The third kappa shape index (κ3) is 2.77. The van der Waals surface area contributed by atoms with Gasteiger partial charge < -0.3 is 10.5 Å². The predicted molar refractivity (Wildman–Crippen MR) is 89.8 cm³/mol. The summed E-state index contributed by atoms with van der Waals surface area (Å²) in [7, 11) is 1.31. The predicted octanol–water partition coefficient (Wildman–Crippen LogP) is 2.42. The molecule has 3 N–H and O–H groups in total. The van der Waals surface area contributed by atoms with Gasteiger partial charge in [0.1, 0.15) is 0 Å². The highest BCUT2D eigenvalue weighted by Gasteiger charge is 2.54. The van der Waals surface area contributed by atoms with E-state index in [1.54, 1.807) is 0 Å². The molecule has 1 aromatic rings. The normalized spacial score (nSPS) is 24.6. The molecule has 0 bridgehead atoms. The van der Waals surface area contributed by atoms with Crippen molar-refractivity contribution in [2.75, 3.05) is 7.11 Å². The van der Waals surface area contributed by atoms with Crippen molar-refractivity contribution in [2.45, 2.75) is 44.1 Å². The third-order valence-electron chi connectivity index (χ3n) is 5.16. The SMILES string of the molecule is COC(=O)N1C(=O)[C@H](CCCCC(=N)N)[C@H]2c3ccccc3C[C@@H]21. The summed E-state index contributed by atoms with van der Waals surface area (Å²) in [6.07, 6.45) is 2.99. The van der Waals surface area contributed by atoms with Crippen molar-refractivity contribution >= 4 is 17.8 Å². The molecule has 3 atom stereocenters. The first-order chi connectivity index (χ1) is 11.5. The number of hydrogen-bond donors (Lipinski definition) is 2. The van der Waals surface area contributed by atoms with Gasteiger partial charge in [-0.25, -0.2) is 9.69 Å². The Kier molecular flexibility index (Phi) is 4.55. The maximum atomic E-state index is 12.8. The summed E-state index contributed by atoms with van der Waals surface area (Å²) < 4.78 is 4.84. The number of nitrogens with two attached hydrogens (primary N) is 1. The number of nitrogens with zero attached hydrogens (tertiary/aromatic N) is 1. The maximum absolute atomic E-state index is 12.8. The van der Waals surface area contributed by atoms with Gasteiger partial charge in [0.15, 0.2) is 0 Å². The molecule has 1 fully saturated rings. The molecule has 6 nitrogen and oxygen atoms in total. The quantitative estimate of drug-likeness (QED) is 0.492. The van der Waals surface area contributed by atoms with Gasteiger partial charge in [-0.2, -0.15) is 0 Å². The van der Waals surface area contributed by atoms with Crippen molar-refractivity contribution in [3.8, 4) is 0 Å². The first-order valence-electron chi connectivity index (χ1n) is 8.36. The number of likely N-dealkylation sites (tertiary alicyclic amines) is 1. The van der Waals surface area contributed by atoms with E-state index in [1.807, 2.05) is 12.1 Å². The minimum Gasteiger partial charge on any atom is -0.452 e. The fraction of sp³-hybridized carbons (Fsp3) is 0.500. The Labute approximate surface area is 141 Å². The summed E-state index contributed by atoms with van der Waals surface area (Å²) in [5.74, 6) is -0.114. The van der Waals surface area contributed by atoms with Crippen LogP contribution in [0.3, 0.4) is 0 Å². The number of rotatable bonds is 5. The highest BCUT2D eigenvalue weighted by molar-refractivity contribution is 5.97. The second-order valence-electron chi connectivity index (χ2n) is 6.55. The smallest absolute Gasteiger partial charge is 0.416 e. The number of methoxy groups -OCH3 is 1. The summed E-state index contributed by atoms with van der Waals surface area (Å²) in [4.78, 5) is 26.3. The van der Waals surface area contributed by atoms with Crippen molar-refractivity contribution in [2.24, 2.45) is 11.7 Å². The molecule has 0 spiro atoms. The van der Waals surface area contributed by atoms with Crippen LogP contribution in [0.5, 0.6) is 0 Å². The van der Waals surface area contributed by atoms with Crippen LogP contribution < -0.4 is 5.73 Å². The van der Waals surface area contributed by atoms with Gasteiger partial charge >= 0.3 is 6.09 Å². The van der Waals surface area contributed by atoms with Gasteiger partial charge in [-0.05, 0) is 30.4 Å². The molecule has 3 rings (SSSR count). The Hall–Kier alpha value is -2.37. The number of ether oxygens (including phenoxy) is 1. The number of hydrogen-bond acceptors (Lipinski definition) is 4. The topological polar surface area (TPSA) is 96.5 Å². The van der Waals surface area contributed by atoms with Crippen LogP contribution in [0, 0.1) is 11.3 Å². The third-order valence-corrected chi connectivity index (χ3v) is 5.16. The molecule has 2 amide bonds. The van der Waals surface area contributed by atoms with Crippen LogP contribution in [0.2, 0.25) is 0 Å². The van der Waals surface area contributed by atoms with Crippen LogP contribution in [0.4, 0.5) is 4.79 Å². The molecule has 0 unspecified atom stereocenters. The molecule has 0 saturated carbocycles. The first kappa shape index (κ1) is 16.5. The van der Waals surface area contributed by atoms with Gasteiger partial charge in [0.05, 0.1) is 19.0 Å². The fourth-order valence-electron chi connectivity index (χ4n) is 4.14. The van der Waals surface area contributed by atoms with Crippen molar-refractivity contribution in [1.82, 2.24) is 4.90 Å². The number of carbonyl (C=O) groups is 2. The molecule has 6 heteroatoms. The highest BCUT2D eigenvalue weighted by Crippen LogP contribution is 2.48. The molecule has 0 radical (unpaired) electrons. The van der Waals surface area contributed by atoms with Gasteiger partial charge in [-0.15, -0.1) is 0 Å². The zero-order valence-electron chi connectivity index (χ0n) is 13.8. The molecule has 24 heavy (non-hydrogen) atoms. The molecule has 2 aliphatic rings. The molecular weight excluding hydrogens is 306 g/mol. The molecule has 0 aromatic heterocycles. The van der Waals surface area contributed by atoms with E-state index >= 15 is 0 Å². The van der Waals surface area contributed by atoms with E-state index in [0.717, 1.165) is 12.8 Å². The molecule has 1 saturated heterocycles. The second-order valence-corrected chi connectivity index (χ2v) is 6.55. The number of imide groups is 1. The van der Waals surface area contributed by atoms with Crippen LogP contribution >= 0.6 is 0 Å². The van der Waals surface area contributed by atoms with E-state index in [9.17, 15) is 9.59 Å². The van der Waals surface area contributed by atoms with Crippen LogP contribution in [-0.2, 0) is 16.0 Å². The van der Waals surface area contributed by atoms with Gasteiger partial charge in [-0.1, -0.05) is 30.7 Å².